The van der Waals surface area contributed by atoms with E-state index in [1.807, 2.05) is 32.3 Å². The molecule has 1 unspecified atom stereocenters. The molecule has 1 saturated heterocycles. The molecule has 1 aliphatic heterocycles. The van der Waals surface area contributed by atoms with Crippen LogP contribution >= 0.6 is 11.3 Å². The first-order chi connectivity index (χ1) is 9.65. The van der Waals surface area contributed by atoms with Crippen molar-refractivity contribution in [2.24, 2.45) is 5.92 Å². The monoisotopic (exact) mass is 289 g/mol. The lowest BCUT2D eigenvalue weighted by atomic mass is 9.97. The maximum Gasteiger partial charge on any atom is 0.226 e. The summed E-state index contributed by atoms with van der Waals surface area (Å²) in [5, 5.41) is 1.04. The molecule has 1 amide bonds. The van der Waals surface area contributed by atoms with Crippen molar-refractivity contribution in [3.8, 4) is 0 Å². The van der Waals surface area contributed by atoms with Crippen LogP contribution in [0.15, 0.2) is 24.3 Å². The highest BCUT2D eigenvalue weighted by Gasteiger charge is 2.28. The molecule has 3 rings (SSSR count). The number of rotatable bonds is 2. The second kappa shape index (κ2) is 5.40. The molecular weight excluding hydrogens is 270 g/mol. The third-order valence-electron chi connectivity index (χ3n) is 3.76. The van der Waals surface area contributed by atoms with Gasteiger partial charge in [0.15, 0.2) is 5.13 Å². The lowest BCUT2D eigenvalue weighted by Crippen LogP contribution is -2.42. The molecule has 0 spiro atoms. The Morgan fingerprint density at radius 2 is 2.20 bits per heavy atom. The van der Waals surface area contributed by atoms with Gasteiger partial charge in [-0.1, -0.05) is 23.5 Å². The number of carbonyl (C=O) groups is 1. The van der Waals surface area contributed by atoms with Gasteiger partial charge in [-0.15, -0.1) is 0 Å². The van der Waals surface area contributed by atoms with Crippen LogP contribution in [0.3, 0.4) is 0 Å². The van der Waals surface area contributed by atoms with Crippen LogP contribution in [0.2, 0.25) is 0 Å². The molecular formula is C15H19N3OS. The van der Waals surface area contributed by atoms with E-state index in [-0.39, 0.29) is 11.8 Å². The van der Waals surface area contributed by atoms with E-state index in [0.717, 1.165) is 36.6 Å². The molecule has 1 aromatic heterocycles. The van der Waals surface area contributed by atoms with E-state index < -0.39 is 0 Å². The molecule has 0 bridgehead atoms. The molecule has 0 aliphatic carbocycles. The van der Waals surface area contributed by atoms with Crippen molar-refractivity contribution < 1.29 is 4.79 Å². The zero-order valence-electron chi connectivity index (χ0n) is 11.9. The Labute approximate surface area is 123 Å². The van der Waals surface area contributed by atoms with E-state index in [1.165, 1.54) is 4.70 Å². The number of benzene rings is 1. The summed E-state index contributed by atoms with van der Waals surface area (Å²) in [6.07, 6.45) is 2.04. The van der Waals surface area contributed by atoms with E-state index >= 15 is 0 Å². The molecule has 0 N–H and O–H groups in total. The maximum atomic E-state index is 12.1. The fraction of sp³-hybridized carbons (Fsp3) is 0.467. The highest BCUT2D eigenvalue weighted by molar-refractivity contribution is 7.22. The zero-order valence-corrected chi connectivity index (χ0v) is 12.7. The van der Waals surface area contributed by atoms with Crippen LogP contribution in [0, 0.1) is 5.92 Å². The summed E-state index contributed by atoms with van der Waals surface area (Å²) in [5.41, 5.74) is 1.05. The average molecular weight is 289 g/mol. The minimum atomic E-state index is 0.103. The normalized spacial score (nSPS) is 19.3. The van der Waals surface area contributed by atoms with Gasteiger partial charge < -0.3 is 9.80 Å². The standard InChI is InChI=1S/C15H19N3OS/c1-17(2)14(19)11-6-5-9-18(10-11)15-16-12-7-3-4-8-13(12)20-15/h3-4,7-8,11H,5-6,9-10H2,1-2H3. The summed E-state index contributed by atoms with van der Waals surface area (Å²) in [6.45, 7) is 1.79. The third kappa shape index (κ3) is 2.50. The molecule has 1 fully saturated rings. The van der Waals surface area contributed by atoms with Gasteiger partial charge in [0.1, 0.15) is 0 Å². The van der Waals surface area contributed by atoms with Gasteiger partial charge in [0.2, 0.25) is 5.91 Å². The largest absolute Gasteiger partial charge is 0.349 e. The Bertz CT molecular complexity index is 589. The van der Waals surface area contributed by atoms with Crippen LogP contribution in [0.25, 0.3) is 10.2 Å². The van der Waals surface area contributed by atoms with E-state index in [2.05, 4.69) is 11.0 Å². The summed E-state index contributed by atoms with van der Waals surface area (Å²) in [5.74, 6) is 0.335. The number of fused-ring (bicyclic) bond motifs is 1. The summed E-state index contributed by atoms with van der Waals surface area (Å²) < 4.78 is 1.21. The van der Waals surface area contributed by atoms with Crippen LogP contribution in [-0.4, -0.2) is 43.0 Å². The Morgan fingerprint density at radius 1 is 1.40 bits per heavy atom. The highest BCUT2D eigenvalue weighted by atomic mass is 32.1. The maximum absolute atomic E-state index is 12.1. The molecule has 2 aromatic rings. The first-order valence-electron chi connectivity index (χ1n) is 6.97. The molecule has 4 nitrogen and oxygen atoms in total. The number of carbonyl (C=O) groups excluding carboxylic acids is 1. The first-order valence-corrected chi connectivity index (χ1v) is 7.78. The van der Waals surface area contributed by atoms with Gasteiger partial charge in [0.05, 0.1) is 16.1 Å². The van der Waals surface area contributed by atoms with E-state index in [0.29, 0.717) is 0 Å². The lowest BCUT2D eigenvalue weighted by molar-refractivity contribution is -0.133. The van der Waals surface area contributed by atoms with Gasteiger partial charge in [-0.05, 0) is 25.0 Å². The van der Waals surface area contributed by atoms with Crippen LogP contribution in [-0.2, 0) is 4.79 Å². The molecule has 0 radical (unpaired) electrons. The second-order valence-electron chi connectivity index (χ2n) is 5.48. The molecule has 2 heterocycles. The van der Waals surface area contributed by atoms with Crippen molar-refractivity contribution in [1.29, 1.82) is 0 Å². The molecule has 0 saturated carbocycles. The van der Waals surface area contributed by atoms with E-state index in [1.54, 1.807) is 16.2 Å². The number of hydrogen-bond donors (Lipinski definition) is 0. The third-order valence-corrected chi connectivity index (χ3v) is 4.86. The van der Waals surface area contributed by atoms with Crippen molar-refractivity contribution in [3.05, 3.63) is 24.3 Å². The van der Waals surface area contributed by atoms with Crippen molar-refractivity contribution in [2.75, 3.05) is 32.1 Å². The van der Waals surface area contributed by atoms with Crippen molar-refractivity contribution in [2.45, 2.75) is 12.8 Å². The summed E-state index contributed by atoms with van der Waals surface area (Å²) in [4.78, 5) is 20.8. The first kappa shape index (κ1) is 13.4. The highest BCUT2D eigenvalue weighted by Crippen LogP contribution is 2.31. The van der Waals surface area contributed by atoms with Crippen LogP contribution < -0.4 is 4.90 Å². The van der Waals surface area contributed by atoms with Crippen molar-refractivity contribution >= 4 is 32.6 Å². The number of para-hydroxylation sites is 1. The van der Waals surface area contributed by atoms with Gasteiger partial charge in [-0.2, -0.15) is 0 Å². The summed E-state index contributed by atoms with van der Waals surface area (Å²) in [7, 11) is 3.66. The zero-order chi connectivity index (χ0) is 14.1. The Kier molecular flexibility index (Phi) is 3.61. The van der Waals surface area contributed by atoms with E-state index in [4.69, 9.17) is 4.98 Å². The number of piperidine rings is 1. The minimum absolute atomic E-state index is 0.103. The molecule has 1 aliphatic rings. The average Bonchev–Trinajstić information content (AvgIpc) is 2.90. The lowest BCUT2D eigenvalue weighted by Gasteiger charge is -2.32. The van der Waals surface area contributed by atoms with Gasteiger partial charge in [0, 0.05) is 27.2 Å². The van der Waals surface area contributed by atoms with Gasteiger partial charge in [0.25, 0.3) is 0 Å². The van der Waals surface area contributed by atoms with Gasteiger partial charge >= 0.3 is 0 Å². The smallest absolute Gasteiger partial charge is 0.226 e. The SMILES string of the molecule is CN(C)C(=O)C1CCCN(c2nc3ccccc3s2)C1. The molecule has 5 heteroatoms. The topological polar surface area (TPSA) is 36.4 Å². The molecule has 106 valence electrons. The Morgan fingerprint density at radius 3 is 2.95 bits per heavy atom. The van der Waals surface area contributed by atoms with Gasteiger partial charge in [-0.25, -0.2) is 4.98 Å². The number of anilines is 1. The second-order valence-corrected chi connectivity index (χ2v) is 6.49. The predicted octanol–water partition coefficient (Wildman–Crippen LogP) is 2.60. The predicted molar refractivity (Wildman–Crippen MR) is 83.3 cm³/mol. The van der Waals surface area contributed by atoms with Gasteiger partial charge in [-0.3, -0.25) is 4.79 Å². The van der Waals surface area contributed by atoms with Crippen LogP contribution in [0.1, 0.15) is 12.8 Å². The Hall–Kier alpha value is -1.62. The van der Waals surface area contributed by atoms with Crippen molar-refractivity contribution in [1.82, 2.24) is 9.88 Å². The fourth-order valence-corrected chi connectivity index (χ4v) is 3.71. The number of nitrogens with zero attached hydrogens (tertiary/aromatic N) is 3. The summed E-state index contributed by atoms with van der Waals surface area (Å²) in [6, 6.07) is 8.20. The number of aromatic nitrogens is 1. The quantitative estimate of drug-likeness (QED) is 0.852. The number of hydrogen-bond acceptors (Lipinski definition) is 4. The molecule has 20 heavy (non-hydrogen) atoms. The summed E-state index contributed by atoms with van der Waals surface area (Å²) >= 11 is 1.72. The molecule has 1 atom stereocenters. The van der Waals surface area contributed by atoms with Crippen molar-refractivity contribution in [3.63, 3.8) is 0 Å². The fourth-order valence-electron chi connectivity index (χ4n) is 2.71. The van der Waals surface area contributed by atoms with Crippen LogP contribution in [0.5, 0.6) is 0 Å². The number of thiazole rings is 1. The van der Waals surface area contributed by atoms with E-state index in [9.17, 15) is 4.79 Å². The Balaban J connectivity index is 1.81. The minimum Gasteiger partial charge on any atom is -0.349 e. The number of amides is 1. The van der Waals surface area contributed by atoms with Crippen LogP contribution in [0.4, 0.5) is 5.13 Å². The molecule has 1 aromatic carbocycles.